The zero-order chi connectivity index (χ0) is 25.4. The van der Waals surface area contributed by atoms with Crippen molar-refractivity contribution in [2.45, 2.75) is 6.61 Å². The molecule has 5 rings (SSSR count). The summed E-state index contributed by atoms with van der Waals surface area (Å²) in [4.78, 5) is 39.2. The molecule has 3 aromatic rings. The maximum Gasteiger partial charge on any atom is 0.335 e. The second kappa shape index (κ2) is 10.1. The van der Waals surface area contributed by atoms with Crippen LogP contribution in [0.3, 0.4) is 0 Å². The minimum absolute atomic E-state index is 0.0508. The summed E-state index contributed by atoms with van der Waals surface area (Å²) in [7, 11) is 0. The maximum absolute atomic E-state index is 13.2. The molecule has 0 unspecified atom stereocenters. The molecule has 36 heavy (non-hydrogen) atoms. The molecule has 0 atom stereocenters. The van der Waals surface area contributed by atoms with E-state index in [-0.39, 0.29) is 18.1 Å². The van der Waals surface area contributed by atoms with E-state index in [9.17, 15) is 14.4 Å². The molecule has 2 heterocycles. The fourth-order valence-electron chi connectivity index (χ4n) is 3.62. The van der Waals surface area contributed by atoms with Gasteiger partial charge in [-0.15, -0.1) is 0 Å². The molecule has 0 spiro atoms. The minimum Gasteiger partial charge on any atom is -0.487 e. The summed E-state index contributed by atoms with van der Waals surface area (Å²) in [5.74, 6) is -0.0680. The molecule has 0 bridgehead atoms. The van der Waals surface area contributed by atoms with E-state index >= 15 is 0 Å². The standard InChI is InChI=1S/C25H15Br3N2O6/c26-15-3-1-13(2-4-15)11-34-22-18(27)8-14(9-19(22)28)7-17-23(31)29-25(33)30(24(17)32)16-5-6-20-21(10-16)36-12-35-20/h1-10H,11-12H2,(H,29,31,33)/b17-7+. The molecule has 4 amide bonds. The number of imide groups is 2. The van der Waals surface area contributed by atoms with Crippen molar-refractivity contribution < 1.29 is 28.6 Å². The van der Waals surface area contributed by atoms with Gasteiger partial charge in [0, 0.05) is 10.5 Å². The van der Waals surface area contributed by atoms with Crippen molar-refractivity contribution in [2.24, 2.45) is 0 Å². The summed E-state index contributed by atoms with van der Waals surface area (Å²) >= 11 is 10.4. The lowest BCUT2D eigenvalue weighted by atomic mass is 10.1. The van der Waals surface area contributed by atoms with Crippen LogP contribution in [0.15, 0.2) is 73.6 Å². The van der Waals surface area contributed by atoms with Gasteiger partial charge in [0.15, 0.2) is 11.5 Å². The number of rotatable bonds is 5. The third-order valence-electron chi connectivity index (χ3n) is 5.34. The first-order valence-electron chi connectivity index (χ1n) is 10.5. The number of nitrogens with one attached hydrogen (secondary N) is 1. The van der Waals surface area contributed by atoms with E-state index in [2.05, 4.69) is 53.1 Å². The summed E-state index contributed by atoms with van der Waals surface area (Å²) in [6.45, 7) is 0.396. The van der Waals surface area contributed by atoms with Crippen LogP contribution in [0, 0.1) is 0 Å². The number of urea groups is 1. The van der Waals surface area contributed by atoms with Gasteiger partial charge >= 0.3 is 6.03 Å². The first-order chi connectivity index (χ1) is 17.3. The van der Waals surface area contributed by atoms with Crippen molar-refractivity contribution in [3.63, 3.8) is 0 Å². The summed E-state index contributed by atoms with van der Waals surface area (Å²) in [6, 6.07) is 15.0. The van der Waals surface area contributed by atoms with Crippen LogP contribution in [0.5, 0.6) is 17.2 Å². The largest absolute Gasteiger partial charge is 0.487 e. The van der Waals surface area contributed by atoms with Gasteiger partial charge in [0.1, 0.15) is 17.9 Å². The molecule has 2 aliphatic heterocycles. The van der Waals surface area contributed by atoms with Gasteiger partial charge in [-0.1, -0.05) is 28.1 Å². The lowest BCUT2D eigenvalue weighted by Crippen LogP contribution is -2.54. The average Bonchev–Trinajstić information content (AvgIpc) is 3.30. The fourth-order valence-corrected chi connectivity index (χ4v) is 5.33. The molecule has 1 N–H and O–H groups in total. The highest BCUT2D eigenvalue weighted by Crippen LogP contribution is 2.38. The van der Waals surface area contributed by atoms with E-state index in [1.807, 2.05) is 24.3 Å². The number of carbonyl (C=O) groups is 3. The quantitative estimate of drug-likeness (QED) is 0.265. The number of anilines is 1. The van der Waals surface area contributed by atoms with Crippen LogP contribution in [-0.4, -0.2) is 24.6 Å². The van der Waals surface area contributed by atoms with Crippen LogP contribution in [0.4, 0.5) is 10.5 Å². The van der Waals surface area contributed by atoms with Crippen LogP contribution < -0.4 is 24.4 Å². The number of hydrogen-bond acceptors (Lipinski definition) is 6. The summed E-state index contributed by atoms with van der Waals surface area (Å²) in [6.07, 6.45) is 1.41. The van der Waals surface area contributed by atoms with E-state index in [0.717, 1.165) is 14.9 Å². The second-order valence-electron chi connectivity index (χ2n) is 7.72. The second-order valence-corrected chi connectivity index (χ2v) is 10.3. The molecule has 8 nitrogen and oxygen atoms in total. The first-order valence-corrected chi connectivity index (χ1v) is 12.9. The lowest BCUT2D eigenvalue weighted by molar-refractivity contribution is -0.122. The highest BCUT2D eigenvalue weighted by Gasteiger charge is 2.37. The lowest BCUT2D eigenvalue weighted by Gasteiger charge is -2.26. The molecular formula is C25H15Br3N2O6. The Hall–Kier alpha value is -3.15. The normalized spacial score (nSPS) is 15.9. The molecule has 2 aliphatic rings. The van der Waals surface area contributed by atoms with Crippen molar-refractivity contribution in [2.75, 3.05) is 11.7 Å². The van der Waals surface area contributed by atoms with Crippen molar-refractivity contribution in [1.82, 2.24) is 5.32 Å². The first kappa shape index (κ1) is 24.5. The van der Waals surface area contributed by atoms with Crippen LogP contribution in [0.1, 0.15) is 11.1 Å². The number of hydrogen-bond donors (Lipinski definition) is 1. The van der Waals surface area contributed by atoms with Gasteiger partial charge in [-0.05, 0) is 85.5 Å². The van der Waals surface area contributed by atoms with Gasteiger partial charge in [0.05, 0.1) is 14.6 Å². The van der Waals surface area contributed by atoms with Crippen LogP contribution >= 0.6 is 47.8 Å². The zero-order valence-corrected chi connectivity index (χ0v) is 23.0. The molecule has 1 saturated heterocycles. The summed E-state index contributed by atoms with van der Waals surface area (Å²) in [5, 5.41) is 2.21. The third-order valence-corrected chi connectivity index (χ3v) is 7.05. The molecule has 1 fully saturated rings. The predicted molar refractivity (Wildman–Crippen MR) is 142 cm³/mol. The summed E-state index contributed by atoms with van der Waals surface area (Å²) < 4.78 is 18.8. The van der Waals surface area contributed by atoms with E-state index in [0.29, 0.717) is 38.4 Å². The zero-order valence-electron chi connectivity index (χ0n) is 18.2. The average molecular weight is 679 g/mol. The number of barbiturate groups is 1. The molecule has 0 aromatic heterocycles. The molecule has 182 valence electrons. The highest BCUT2D eigenvalue weighted by atomic mass is 79.9. The topological polar surface area (TPSA) is 94.2 Å². The SMILES string of the molecule is O=C1NC(=O)N(c2ccc3c(c2)OCO3)C(=O)/C1=C/c1cc(Br)c(OCc2ccc(Br)cc2)c(Br)c1. The van der Waals surface area contributed by atoms with Gasteiger partial charge < -0.3 is 14.2 Å². The maximum atomic E-state index is 13.2. The van der Waals surface area contributed by atoms with Crippen LogP contribution in [0.2, 0.25) is 0 Å². The van der Waals surface area contributed by atoms with Gasteiger partial charge in [0.2, 0.25) is 6.79 Å². The Balaban J connectivity index is 1.40. The number of halogens is 3. The Kier molecular flexibility index (Phi) is 6.87. The Labute approximate surface area is 230 Å². The number of benzene rings is 3. The molecule has 0 aliphatic carbocycles. The molecule has 3 aromatic carbocycles. The van der Waals surface area contributed by atoms with Crippen molar-refractivity contribution in [1.29, 1.82) is 0 Å². The van der Waals surface area contributed by atoms with Gasteiger partial charge in [-0.25, -0.2) is 9.69 Å². The van der Waals surface area contributed by atoms with E-state index in [1.54, 1.807) is 24.3 Å². The molecule has 0 radical (unpaired) electrons. The van der Waals surface area contributed by atoms with Gasteiger partial charge in [-0.3, -0.25) is 14.9 Å². The smallest absolute Gasteiger partial charge is 0.335 e. The minimum atomic E-state index is -0.847. The van der Waals surface area contributed by atoms with Crippen LogP contribution in [0.25, 0.3) is 6.08 Å². The molecule has 11 heteroatoms. The summed E-state index contributed by atoms with van der Waals surface area (Å²) in [5.41, 5.74) is 1.58. The van der Waals surface area contributed by atoms with Crippen molar-refractivity contribution in [3.05, 3.63) is 84.7 Å². The molecular weight excluding hydrogens is 664 g/mol. The monoisotopic (exact) mass is 676 g/mol. The highest BCUT2D eigenvalue weighted by molar-refractivity contribution is 9.11. The van der Waals surface area contributed by atoms with Gasteiger partial charge in [-0.2, -0.15) is 0 Å². The number of carbonyl (C=O) groups excluding carboxylic acids is 3. The number of fused-ring (bicyclic) bond motifs is 1. The Bertz CT molecular complexity index is 1420. The number of amides is 4. The van der Waals surface area contributed by atoms with E-state index < -0.39 is 17.8 Å². The number of ether oxygens (including phenoxy) is 3. The fraction of sp³-hybridized carbons (Fsp3) is 0.0800. The Morgan fingerprint density at radius 2 is 1.61 bits per heavy atom. The Morgan fingerprint density at radius 1 is 0.917 bits per heavy atom. The number of nitrogens with zero attached hydrogens (tertiary/aromatic N) is 1. The van der Waals surface area contributed by atoms with Crippen LogP contribution in [-0.2, 0) is 16.2 Å². The van der Waals surface area contributed by atoms with E-state index in [4.69, 9.17) is 14.2 Å². The van der Waals surface area contributed by atoms with Crippen molar-refractivity contribution in [3.8, 4) is 17.2 Å². The van der Waals surface area contributed by atoms with Gasteiger partial charge in [0.25, 0.3) is 11.8 Å². The predicted octanol–water partition coefficient (Wildman–Crippen LogP) is 5.95. The van der Waals surface area contributed by atoms with E-state index in [1.165, 1.54) is 12.1 Å². The third kappa shape index (κ3) is 4.91. The Morgan fingerprint density at radius 3 is 2.33 bits per heavy atom. The molecule has 0 saturated carbocycles. The van der Waals surface area contributed by atoms with Crippen molar-refractivity contribution >= 4 is 77.4 Å².